The van der Waals surface area contributed by atoms with Gasteiger partial charge in [0.25, 0.3) is 0 Å². The summed E-state index contributed by atoms with van der Waals surface area (Å²) >= 11 is 6.10. The van der Waals surface area contributed by atoms with Gasteiger partial charge in [0, 0.05) is 11.4 Å². The molecule has 0 heterocycles. The standard InChI is InChI=1S/C14H19ClO3/c1-9(2)11-8-12(15)10(3)7-13(11)18-6-4-5-14(16)17/h7-9H,4-6H2,1-3H3,(H,16,17). The predicted octanol–water partition coefficient (Wildman–Crippen LogP) is 4.02. The molecule has 0 atom stereocenters. The average molecular weight is 271 g/mol. The molecular formula is C14H19ClO3. The minimum absolute atomic E-state index is 0.129. The van der Waals surface area contributed by atoms with Gasteiger partial charge >= 0.3 is 5.97 Å². The highest BCUT2D eigenvalue weighted by Crippen LogP contribution is 2.32. The second-order valence-electron chi connectivity index (χ2n) is 4.64. The average Bonchev–Trinajstić information content (AvgIpc) is 2.28. The number of carboxylic acids is 1. The smallest absolute Gasteiger partial charge is 0.303 e. The van der Waals surface area contributed by atoms with E-state index >= 15 is 0 Å². The topological polar surface area (TPSA) is 46.5 Å². The van der Waals surface area contributed by atoms with Crippen LogP contribution in [0.3, 0.4) is 0 Å². The summed E-state index contributed by atoms with van der Waals surface area (Å²) in [7, 11) is 0. The van der Waals surface area contributed by atoms with Crippen molar-refractivity contribution in [2.24, 2.45) is 0 Å². The number of aliphatic carboxylic acids is 1. The number of rotatable bonds is 6. The SMILES string of the molecule is Cc1cc(OCCCC(=O)O)c(C(C)C)cc1Cl. The van der Waals surface area contributed by atoms with Gasteiger partial charge in [0.05, 0.1) is 6.61 Å². The number of hydrogen-bond acceptors (Lipinski definition) is 2. The third-order valence-electron chi connectivity index (χ3n) is 2.71. The second kappa shape index (κ2) is 6.64. The minimum Gasteiger partial charge on any atom is -0.493 e. The quantitative estimate of drug-likeness (QED) is 0.794. The molecule has 0 radical (unpaired) electrons. The van der Waals surface area contributed by atoms with Crippen LogP contribution in [0, 0.1) is 6.92 Å². The molecule has 0 aromatic heterocycles. The van der Waals surface area contributed by atoms with E-state index in [1.54, 1.807) is 0 Å². The van der Waals surface area contributed by atoms with Crippen molar-refractivity contribution in [3.8, 4) is 5.75 Å². The Labute approximate surface area is 113 Å². The van der Waals surface area contributed by atoms with Crippen molar-refractivity contribution in [1.29, 1.82) is 0 Å². The minimum atomic E-state index is -0.796. The predicted molar refractivity (Wildman–Crippen MR) is 72.6 cm³/mol. The lowest BCUT2D eigenvalue weighted by atomic mass is 10.0. The van der Waals surface area contributed by atoms with Gasteiger partial charge in [0.2, 0.25) is 0 Å². The highest BCUT2D eigenvalue weighted by molar-refractivity contribution is 6.31. The Hall–Kier alpha value is -1.22. The summed E-state index contributed by atoms with van der Waals surface area (Å²) in [5.41, 5.74) is 2.02. The van der Waals surface area contributed by atoms with Crippen LogP contribution in [0.4, 0.5) is 0 Å². The fourth-order valence-electron chi connectivity index (χ4n) is 1.65. The van der Waals surface area contributed by atoms with E-state index in [9.17, 15) is 4.79 Å². The number of hydrogen-bond donors (Lipinski definition) is 1. The summed E-state index contributed by atoms with van der Waals surface area (Å²) in [6.07, 6.45) is 0.637. The van der Waals surface area contributed by atoms with Crippen molar-refractivity contribution in [1.82, 2.24) is 0 Å². The van der Waals surface area contributed by atoms with Crippen LogP contribution >= 0.6 is 11.6 Å². The van der Waals surface area contributed by atoms with Crippen molar-refractivity contribution >= 4 is 17.6 Å². The molecule has 0 saturated heterocycles. The van der Waals surface area contributed by atoms with E-state index < -0.39 is 5.97 Å². The fraction of sp³-hybridized carbons (Fsp3) is 0.500. The van der Waals surface area contributed by atoms with Crippen LogP contribution in [-0.4, -0.2) is 17.7 Å². The maximum Gasteiger partial charge on any atom is 0.303 e. The van der Waals surface area contributed by atoms with Crippen molar-refractivity contribution < 1.29 is 14.6 Å². The van der Waals surface area contributed by atoms with Gasteiger partial charge in [-0.3, -0.25) is 4.79 Å². The molecular weight excluding hydrogens is 252 g/mol. The third-order valence-corrected chi connectivity index (χ3v) is 3.11. The number of carboxylic acid groups (broad SMARTS) is 1. The summed E-state index contributed by atoms with van der Waals surface area (Å²) in [5.74, 6) is 0.324. The fourth-order valence-corrected chi connectivity index (χ4v) is 1.82. The summed E-state index contributed by atoms with van der Waals surface area (Å²) in [6.45, 7) is 6.49. The molecule has 0 aliphatic carbocycles. The first-order valence-electron chi connectivity index (χ1n) is 6.06. The first kappa shape index (κ1) is 14.8. The van der Waals surface area contributed by atoms with Crippen LogP contribution < -0.4 is 4.74 Å². The zero-order valence-electron chi connectivity index (χ0n) is 11.0. The van der Waals surface area contributed by atoms with Gasteiger partial charge in [-0.05, 0) is 42.5 Å². The lowest BCUT2D eigenvalue weighted by molar-refractivity contribution is -0.137. The highest BCUT2D eigenvalue weighted by Gasteiger charge is 2.11. The van der Waals surface area contributed by atoms with Crippen molar-refractivity contribution in [3.63, 3.8) is 0 Å². The van der Waals surface area contributed by atoms with Crippen molar-refractivity contribution in [3.05, 3.63) is 28.3 Å². The van der Waals surface area contributed by atoms with Gasteiger partial charge in [-0.25, -0.2) is 0 Å². The molecule has 0 spiro atoms. The molecule has 0 aliphatic heterocycles. The van der Waals surface area contributed by atoms with Crippen LogP contribution in [0.1, 0.15) is 43.7 Å². The van der Waals surface area contributed by atoms with Gasteiger partial charge in [-0.2, -0.15) is 0 Å². The van der Waals surface area contributed by atoms with Gasteiger partial charge in [-0.15, -0.1) is 0 Å². The Morgan fingerprint density at radius 1 is 1.44 bits per heavy atom. The lowest BCUT2D eigenvalue weighted by Gasteiger charge is -2.15. The van der Waals surface area contributed by atoms with Crippen molar-refractivity contribution in [2.75, 3.05) is 6.61 Å². The maximum atomic E-state index is 10.4. The van der Waals surface area contributed by atoms with Crippen LogP contribution in [-0.2, 0) is 4.79 Å². The van der Waals surface area contributed by atoms with E-state index in [2.05, 4.69) is 13.8 Å². The Balaban J connectivity index is 2.74. The molecule has 0 fully saturated rings. The normalized spacial score (nSPS) is 10.7. The highest BCUT2D eigenvalue weighted by atomic mass is 35.5. The number of halogens is 1. The van der Waals surface area contributed by atoms with Crippen LogP contribution in [0.5, 0.6) is 5.75 Å². The lowest BCUT2D eigenvalue weighted by Crippen LogP contribution is -2.04. The number of benzene rings is 1. The molecule has 18 heavy (non-hydrogen) atoms. The van der Waals surface area contributed by atoms with E-state index in [4.69, 9.17) is 21.4 Å². The van der Waals surface area contributed by atoms with Gasteiger partial charge in [-0.1, -0.05) is 25.4 Å². The monoisotopic (exact) mass is 270 g/mol. The molecule has 3 nitrogen and oxygen atoms in total. The molecule has 4 heteroatoms. The van der Waals surface area contributed by atoms with Gasteiger partial charge in [0.15, 0.2) is 0 Å². The zero-order valence-corrected chi connectivity index (χ0v) is 11.8. The molecule has 1 aromatic rings. The number of aryl methyl sites for hydroxylation is 1. The summed E-state index contributed by atoms with van der Waals surface area (Å²) in [5, 5.41) is 9.29. The number of ether oxygens (including phenoxy) is 1. The summed E-state index contributed by atoms with van der Waals surface area (Å²) in [4.78, 5) is 10.4. The van der Waals surface area contributed by atoms with Crippen LogP contribution in [0.15, 0.2) is 12.1 Å². The summed E-state index contributed by atoms with van der Waals surface area (Å²) in [6, 6.07) is 3.84. The molecule has 100 valence electrons. The first-order valence-corrected chi connectivity index (χ1v) is 6.44. The van der Waals surface area contributed by atoms with E-state index in [-0.39, 0.29) is 6.42 Å². The van der Waals surface area contributed by atoms with Crippen molar-refractivity contribution in [2.45, 2.75) is 39.5 Å². The third kappa shape index (κ3) is 4.22. The number of carbonyl (C=O) groups is 1. The zero-order chi connectivity index (χ0) is 13.7. The largest absolute Gasteiger partial charge is 0.493 e. The van der Waals surface area contributed by atoms with E-state index in [1.165, 1.54) is 0 Å². The van der Waals surface area contributed by atoms with Crippen LogP contribution in [0.2, 0.25) is 5.02 Å². The Kier molecular flexibility index (Phi) is 5.48. The van der Waals surface area contributed by atoms with Gasteiger partial charge in [0.1, 0.15) is 5.75 Å². The molecule has 0 amide bonds. The second-order valence-corrected chi connectivity index (χ2v) is 5.05. The Morgan fingerprint density at radius 2 is 2.11 bits per heavy atom. The molecule has 0 unspecified atom stereocenters. The molecule has 0 saturated carbocycles. The van der Waals surface area contributed by atoms with E-state index in [0.29, 0.717) is 18.9 Å². The Bertz CT molecular complexity index is 427. The molecule has 1 N–H and O–H groups in total. The van der Waals surface area contributed by atoms with Gasteiger partial charge < -0.3 is 9.84 Å². The molecule has 1 aromatic carbocycles. The molecule has 0 aliphatic rings. The first-order chi connectivity index (χ1) is 8.41. The molecule has 1 rings (SSSR count). The van der Waals surface area contributed by atoms with E-state index in [1.807, 2.05) is 19.1 Å². The molecule has 0 bridgehead atoms. The maximum absolute atomic E-state index is 10.4. The summed E-state index contributed by atoms with van der Waals surface area (Å²) < 4.78 is 5.66. The van der Waals surface area contributed by atoms with Crippen LogP contribution in [0.25, 0.3) is 0 Å². The Morgan fingerprint density at radius 3 is 2.67 bits per heavy atom. The van der Waals surface area contributed by atoms with E-state index in [0.717, 1.165) is 21.9 Å².